The topological polar surface area (TPSA) is 90.9 Å². The zero-order valence-corrected chi connectivity index (χ0v) is 11.5. The van der Waals surface area contributed by atoms with Gasteiger partial charge in [0, 0.05) is 24.0 Å². The fourth-order valence-electron chi connectivity index (χ4n) is 1.98. The van der Waals surface area contributed by atoms with Gasteiger partial charge < -0.3 is 10.4 Å². The molecule has 2 atom stereocenters. The second-order valence-corrected chi connectivity index (χ2v) is 4.86. The average Bonchev–Trinajstić information content (AvgIpc) is 2.88. The van der Waals surface area contributed by atoms with Crippen molar-refractivity contribution in [1.29, 1.82) is 0 Å². The Bertz CT molecular complexity index is 566. The summed E-state index contributed by atoms with van der Waals surface area (Å²) in [5.41, 5.74) is 1.99. The summed E-state index contributed by atoms with van der Waals surface area (Å²) in [7, 11) is 0. The van der Waals surface area contributed by atoms with Crippen LogP contribution in [0.25, 0.3) is 11.3 Å². The molecule has 0 aromatic carbocycles. The Morgan fingerprint density at radius 2 is 2.10 bits per heavy atom. The Hall–Kier alpha value is -2.21. The lowest BCUT2D eigenvalue weighted by Gasteiger charge is -2.14. The SMILES string of the molecule is CC(O)CC(C)NC(=O)c1cc(-c2ccncc2)n[nH]1. The normalized spacial score (nSPS) is 13.8. The number of pyridine rings is 1. The molecular weight excluding hydrogens is 256 g/mol. The zero-order chi connectivity index (χ0) is 14.5. The molecule has 6 heteroatoms. The molecule has 0 saturated carbocycles. The smallest absolute Gasteiger partial charge is 0.269 e. The minimum Gasteiger partial charge on any atom is -0.393 e. The van der Waals surface area contributed by atoms with Crippen LogP contribution in [-0.2, 0) is 0 Å². The maximum Gasteiger partial charge on any atom is 0.269 e. The fourth-order valence-corrected chi connectivity index (χ4v) is 1.98. The van der Waals surface area contributed by atoms with Gasteiger partial charge in [-0.05, 0) is 38.5 Å². The van der Waals surface area contributed by atoms with E-state index in [1.807, 2.05) is 19.1 Å². The van der Waals surface area contributed by atoms with Crippen LogP contribution < -0.4 is 5.32 Å². The van der Waals surface area contributed by atoms with E-state index in [2.05, 4.69) is 20.5 Å². The molecule has 0 aliphatic rings. The summed E-state index contributed by atoms with van der Waals surface area (Å²) in [6.07, 6.45) is 3.42. The molecule has 0 saturated heterocycles. The number of nitrogens with one attached hydrogen (secondary N) is 2. The first-order valence-electron chi connectivity index (χ1n) is 6.51. The van der Waals surface area contributed by atoms with Crippen molar-refractivity contribution in [3.05, 3.63) is 36.3 Å². The molecule has 0 aliphatic carbocycles. The predicted octanol–water partition coefficient (Wildman–Crippen LogP) is 1.36. The van der Waals surface area contributed by atoms with Crippen molar-refractivity contribution in [2.24, 2.45) is 0 Å². The van der Waals surface area contributed by atoms with E-state index in [1.54, 1.807) is 25.4 Å². The third kappa shape index (κ3) is 3.64. The number of aliphatic hydroxyl groups excluding tert-OH is 1. The van der Waals surface area contributed by atoms with E-state index < -0.39 is 6.10 Å². The van der Waals surface area contributed by atoms with E-state index in [1.165, 1.54) is 0 Å². The van der Waals surface area contributed by atoms with Crippen LogP contribution in [0.4, 0.5) is 0 Å². The van der Waals surface area contributed by atoms with Crippen molar-refractivity contribution in [3.63, 3.8) is 0 Å². The highest BCUT2D eigenvalue weighted by Crippen LogP contribution is 2.16. The van der Waals surface area contributed by atoms with Gasteiger partial charge in [0.2, 0.25) is 0 Å². The number of H-pyrrole nitrogens is 1. The molecule has 2 aromatic heterocycles. The Balaban J connectivity index is 2.04. The first kappa shape index (κ1) is 14.2. The van der Waals surface area contributed by atoms with Crippen molar-refractivity contribution in [3.8, 4) is 11.3 Å². The van der Waals surface area contributed by atoms with Gasteiger partial charge in [-0.2, -0.15) is 5.10 Å². The van der Waals surface area contributed by atoms with Gasteiger partial charge in [-0.3, -0.25) is 14.9 Å². The monoisotopic (exact) mass is 274 g/mol. The van der Waals surface area contributed by atoms with Crippen molar-refractivity contribution in [1.82, 2.24) is 20.5 Å². The van der Waals surface area contributed by atoms with Crippen molar-refractivity contribution in [2.75, 3.05) is 0 Å². The van der Waals surface area contributed by atoms with E-state index in [0.29, 0.717) is 17.8 Å². The Morgan fingerprint density at radius 1 is 1.40 bits per heavy atom. The summed E-state index contributed by atoms with van der Waals surface area (Å²) in [5.74, 6) is -0.231. The maximum absolute atomic E-state index is 12.0. The minimum absolute atomic E-state index is 0.102. The molecule has 0 radical (unpaired) electrons. The molecule has 2 rings (SSSR count). The summed E-state index contributed by atoms with van der Waals surface area (Å²) in [5, 5.41) is 18.9. The molecule has 106 valence electrons. The van der Waals surface area contributed by atoms with Gasteiger partial charge >= 0.3 is 0 Å². The van der Waals surface area contributed by atoms with Crippen LogP contribution in [0.5, 0.6) is 0 Å². The Labute approximate surface area is 117 Å². The lowest BCUT2D eigenvalue weighted by atomic mass is 10.1. The number of hydrogen-bond donors (Lipinski definition) is 3. The van der Waals surface area contributed by atoms with Crippen molar-refractivity contribution < 1.29 is 9.90 Å². The summed E-state index contributed by atoms with van der Waals surface area (Å²) in [4.78, 5) is 15.9. The standard InChI is InChI=1S/C14H18N4O2/c1-9(7-10(2)19)16-14(20)13-8-12(17-18-13)11-3-5-15-6-4-11/h3-6,8-10,19H,7H2,1-2H3,(H,16,20)(H,17,18). The van der Waals surface area contributed by atoms with Crippen LogP contribution in [0, 0.1) is 0 Å². The van der Waals surface area contributed by atoms with Crippen LogP contribution in [0.3, 0.4) is 0 Å². The fraction of sp³-hybridized carbons (Fsp3) is 0.357. The van der Waals surface area contributed by atoms with Crippen LogP contribution in [0.2, 0.25) is 0 Å². The highest BCUT2D eigenvalue weighted by molar-refractivity contribution is 5.93. The largest absolute Gasteiger partial charge is 0.393 e. The van der Waals surface area contributed by atoms with E-state index in [0.717, 1.165) is 5.56 Å². The maximum atomic E-state index is 12.0. The Morgan fingerprint density at radius 3 is 2.75 bits per heavy atom. The summed E-state index contributed by atoms with van der Waals surface area (Å²) >= 11 is 0. The number of aromatic nitrogens is 3. The molecule has 0 spiro atoms. The molecule has 0 bridgehead atoms. The number of aliphatic hydroxyl groups is 1. The number of rotatable bonds is 5. The molecule has 2 heterocycles. The number of carbonyl (C=O) groups excluding carboxylic acids is 1. The molecule has 1 amide bonds. The summed E-state index contributed by atoms with van der Waals surface area (Å²) < 4.78 is 0. The van der Waals surface area contributed by atoms with Crippen LogP contribution >= 0.6 is 0 Å². The van der Waals surface area contributed by atoms with E-state index in [9.17, 15) is 9.90 Å². The molecule has 6 nitrogen and oxygen atoms in total. The molecule has 2 aromatic rings. The van der Waals surface area contributed by atoms with Gasteiger partial charge in [-0.15, -0.1) is 0 Å². The number of nitrogens with zero attached hydrogens (tertiary/aromatic N) is 2. The van der Waals surface area contributed by atoms with Gasteiger partial charge in [-0.1, -0.05) is 0 Å². The number of hydrogen-bond acceptors (Lipinski definition) is 4. The van der Waals surface area contributed by atoms with Gasteiger partial charge in [-0.25, -0.2) is 0 Å². The molecule has 3 N–H and O–H groups in total. The lowest BCUT2D eigenvalue weighted by molar-refractivity contribution is 0.0918. The third-order valence-corrected chi connectivity index (χ3v) is 2.87. The van der Waals surface area contributed by atoms with Crippen molar-refractivity contribution >= 4 is 5.91 Å². The number of aromatic amines is 1. The molecule has 0 aliphatic heterocycles. The highest BCUT2D eigenvalue weighted by atomic mass is 16.3. The quantitative estimate of drug-likeness (QED) is 0.767. The van der Waals surface area contributed by atoms with E-state index >= 15 is 0 Å². The van der Waals surface area contributed by atoms with E-state index in [4.69, 9.17) is 0 Å². The second kappa shape index (κ2) is 6.29. The van der Waals surface area contributed by atoms with Crippen molar-refractivity contribution in [2.45, 2.75) is 32.4 Å². The van der Waals surface area contributed by atoms with E-state index in [-0.39, 0.29) is 11.9 Å². The van der Waals surface area contributed by atoms with Gasteiger partial charge in [0.25, 0.3) is 5.91 Å². The number of carbonyl (C=O) groups is 1. The lowest BCUT2D eigenvalue weighted by Crippen LogP contribution is -2.34. The summed E-state index contributed by atoms with van der Waals surface area (Å²) in [6.45, 7) is 3.55. The molecular formula is C14H18N4O2. The zero-order valence-electron chi connectivity index (χ0n) is 11.5. The molecule has 2 unspecified atom stereocenters. The molecule has 20 heavy (non-hydrogen) atoms. The number of amides is 1. The van der Waals surface area contributed by atoms with Crippen LogP contribution in [0.1, 0.15) is 30.8 Å². The van der Waals surface area contributed by atoms with Gasteiger partial charge in [0.1, 0.15) is 5.69 Å². The van der Waals surface area contributed by atoms with Gasteiger partial charge in [0.15, 0.2) is 0 Å². The first-order valence-corrected chi connectivity index (χ1v) is 6.51. The second-order valence-electron chi connectivity index (χ2n) is 4.86. The van der Waals surface area contributed by atoms with Gasteiger partial charge in [0.05, 0.1) is 11.8 Å². The first-order chi connectivity index (χ1) is 9.56. The minimum atomic E-state index is -0.445. The highest BCUT2D eigenvalue weighted by Gasteiger charge is 2.14. The van der Waals surface area contributed by atoms with Crippen LogP contribution in [-0.4, -0.2) is 38.3 Å². The predicted molar refractivity (Wildman–Crippen MR) is 75.0 cm³/mol. The van der Waals surface area contributed by atoms with Crippen LogP contribution in [0.15, 0.2) is 30.6 Å². The third-order valence-electron chi connectivity index (χ3n) is 2.87. The molecule has 0 fully saturated rings. The average molecular weight is 274 g/mol. The Kier molecular flexibility index (Phi) is 4.47. The summed E-state index contributed by atoms with van der Waals surface area (Å²) in [6, 6.07) is 5.25.